The Balaban J connectivity index is 1.66. The molecule has 0 saturated carbocycles. The van der Waals surface area contributed by atoms with E-state index in [1.54, 1.807) is 6.20 Å². The van der Waals surface area contributed by atoms with Crippen LogP contribution in [0.3, 0.4) is 0 Å². The first kappa shape index (κ1) is 13.5. The maximum atomic E-state index is 12.2. The van der Waals surface area contributed by atoms with Crippen LogP contribution in [0.2, 0.25) is 0 Å². The topological polar surface area (TPSA) is 83.1 Å². The molecule has 0 bridgehead atoms. The van der Waals surface area contributed by atoms with Crippen molar-refractivity contribution in [3.05, 3.63) is 36.7 Å². The van der Waals surface area contributed by atoms with E-state index < -0.39 is 0 Å². The number of aromatic amines is 1. The third-order valence-electron chi connectivity index (χ3n) is 4.57. The van der Waals surface area contributed by atoms with Gasteiger partial charge in [0.05, 0.1) is 19.4 Å². The van der Waals surface area contributed by atoms with Gasteiger partial charge in [0.25, 0.3) is 0 Å². The second-order valence-electron chi connectivity index (χ2n) is 5.95. The van der Waals surface area contributed by atoms with Gasteiger partial charge in [0, 0.05) is 29.2 Å². The largest absolute Gasteiger partial charge is 0.377 e. The number of aromatic nitrogens is 3. The third-order valence-corrected chi connectivity index (χ3v) is 4.57. The molecule has 5 rings (SSSR count). The number of benzene rings is 1. The second-order valence-corrected chi connectivity index (χ2v) is 5.95. The summed E-state index contributed by atoms with van der Waals surface area (Å²) in [5, 5.41) is 3.96. The van der Waals surface area contributed by atoms with Crippen LogP contribution in [0.25, 0.3) is 22.3 Å². The molecule has 2 aliphatic rings. The summed E-state index contributed by atoms with van der Waals surface area (Å²) in [4.78, 5) is 26.6. The second kappa shape index (κ2) is 5.04. The minimum absolute atomic E-state index is 0.0636. The van der Waals surface area contributed by atoms with Gasteiger partial charge in [-0.25, -0.2) is 9.97 Å². The molecule has 1 aromatic carbocycles. The van der Waals surface area contributed by atoms with Gasteiger partial charge in [-0.3, -0.25) is 4.79 Å². The van der Waals surface area contributed by atoms with E-state index in [9.17, 15) is 4.79 Å². The molecule has 2 N–H and O–H groups in total. The SMILES string of the molecule is O=C1Nc2cnc(-c3cccc4[nH]ccc34)nc2N2CCOC[C@@H]12. The standard InChI is InChI=1S/C17H15N5O2/c23-17-14-9-24-7-6-22(14)16-13(20-17)8-19-15(21-16)11-2-1-3-12-10(11)4-5-18-12/h1-5,8,14,18H,6-7,9H2,(H,20,23)/t14-/m0/s1. The lowest BCUT2D eigenvalue weighted by atomic mass is 10.1. The fourth-order valence-corrected chi connectivity index (χ4v) is 3.38. The van der Waals surface area contributed by atoms with Crippen LogP contribution in [0.5, 0.6) is 0 Å². The van der Waals surface area contributed by atoms with Crippen molar-refractivity contribution in [1.82, 2.24) is 15.0 Å². The van der Waals surface area contributed by atoms with E-state index >= 15 is 0 Å². The Kier molecular flexibility index (Phi) is 2.83. The predicted octanol–water partition coefficient (Wildman–Crippen LogP) is 1.78. The van der Waals surface area contributed by atoms with Crippen LogP contribution in [-0.4, -0.2) is 46.7 Å². The van der Waals surface area contributed by atoms with Gasteiger partial charge in [-0.15, -0.1) is 0 Å². The van der Waals surface area contributed by atoms with Crippen LogP contribution < -0.4 is 10.2 Å². The van der Waals surface area contributed by atoms with Crippen LogP contribution in [0, 0.1) is 0 Å². The third kappa shape index (κ3) is 1.91. The number of H-pyrrole nitrogens is 1. The van der Waals surface area contributed by atoms with E-state index in [0.29, 0.717) is 31.3 Å². The summed E-state index contributed by atoms with van der Waals surface area (Å²) in [6.07, 6.45) is 3.59. The van der Waals surface area contributed by atoms with Crippen molar-refractivity contribution in [3.63, 3.8) is 0 Å². The molecule has 2 aromatic heterocycles. The number of hydrogen-bond donors (Lipinski definition) is 2. The molecule has 1 atom stereocenters. The number of carbonyl (C=O) groups excluding carboxylic acids is 1. The van der Waals surface area contributed by atoms with Gasteiger partial charge in [-0.1, -0.05) is 12.1 Å². The number of hydrogen-bond acceptors (Lipinski definition) is 5. The minimum atomic E-state index is -0.322. The number of nitrogens with one attached hydrogen (secondary N) is 2. The van der Waals surface area contributed by atoms with E-state index in [2.05, 4.69) is 15.3 Å². The molecule has 0 unspecified atom stereocenters. The number of morpholine rings is 1. The molecule has 0 radical (unpaired) electrons. The molecular formula is C17H15N5O2. The number of fused-ring (bicyclic) bond motifs is 4. The Bertz CT molecular complexity index is 951. The van der Waals surface area contributed by atoms with Crippen LogP contribution in [0.15, 0.2) is 36.7 Å². The molecule has 1 saturated heterocycles. The van der Waals surface area contributed by atoms with Crippen LogP contribution in [0.4, 0.5) is 11.5 Å². The average molecular weight is 321 g/mol. The monoisotopic (exact) mass is 321 g/mol. The zero-order valence-corrected chi connectivity index (χ0v) is 12.8. The molecule has 7 heteroatoms. The van der Waals surface area contributed by atoms with E-state index in [0.717, 1.165) is 22.3 Å². The zero-order chi connectivity index (χ0) is 16.1. The molecule has 3 aromatic rings. The first-order valence-electron chi connectivity index (χ1n) is 7.90. The number of rotatable bonds is 1. The number of amides is 1. The fraction of sp³-hybridized carbons (Fsp3) is 0.235. The first-order chi connectivity index (χ1) is 11.8. The van der Waals surface area contributed by atoms with Crippen molar-refractivity contribution in [3.8, 4) is 11.4 Å². The molecule has 1 fully saturated rings. The summed E-state index contributed by atoms with van der Waals surface area (Å²) >= 11 is 0. The Labute approximate surface area is 137 Å². The van der Waals surface area contributed by atoms with E-state index in [1.807, 2.05) is 35.4 Å². The van der Waals surface area contributed by atoms with Crippen molar-refractivity contribution in [2.45, 2.75) is 6.04 Å². The van der Waals surface area contributed by atoms with Gasteiger partial charge in [-0.05, 0) is 12.1 Å². The van der Waals surface area contributed by atoms with Gasteiger partial charge in [0.1, 0.15) is 11.7 Å². The maximum Gasteiger partial charge on any atom is 0.249 e. The highest BCUT2D eigenvalue weighted by Gasteiger charge is 2.36. The minimum Gasteiger partial charge on any atom is -0.377 e. The maximum absolute atomic E-state index is 12.2. The smallest absolute Gasteiger partial charge is 0.249 e. The van der Waals surface area contributed by atoms with Gasteiger partial charge in [0.2, 0.25) is 5.91 Å². The number of carbonyl (C=O) groups is 1. The lowest BCUT2D eigenvalue weighted by Gasteiger charge is -2.39. The highest BCUT2D eigenvalue weighted by molar-refractivity contribution is 6.03. The summed E-state index contributed by atoms with van der Waals surface area (Å²) in [6.45, 7) is 1.63. The molecule has 4 heterocycles. The van der Waals surface area contributed by atoms with E-state index in [-0.39, 0.29) is 11.9 Å². The summed E-state index contributed by atoms with van der Waals surface area (Å²) in [7, 11) is 0. The molecule has 24 heavy (non-hydrogen) atoms. The molecule has 0 spiro atoms. The highest BCUT2D eigenvalue weighted by Crippen LogP contribution is 2.34. The molecule has 1 amide bonds. The predicted molar refractivity (Wildman–Crippen MR) is 89.9 cm³/mol. The normalized spacial score (nSPS) is 19.8. The average Bonchev–Trinajstić information content (AvgIpc) is 3.11. The lowest BCUT2D eigenvalue weighted by Crippen LogP contribution is -2.55. The summed E-state index contributed by atoms with van der Waals surface area (Å²) in [6, 6.07) is 7.71. The summed E-state index contributed by atoms with van der Waals surface area (Å²) in [5.74, 6) is 1.35. The summed E-state index contributed by atoms with van der Waals surface area (Å²) in [5.41, 5.74) is 2.67. The van der Waals surface area contributed by atoms with Crippen molar-refractivity contribution >= 4 is 28.3 Å². The number of anilines is 2. The van der Waals surface area contributed by atoms with Crippen LogP contribution in [-0.2, 0) is 9.53 Å². The van der Waals surface area contributed by atoms with Crippen molar-refractivity contribution < 1.29 is 9.53 Å². The Morgan fingerprint density at radius 1 is 1.29 bits per heavy atom. The highest BCUT2D eigenvalue weighted by atomic mass is 16.5. The summed E-state index contributed by atoms with van der Waals surface area (Å²) < 4.78 is 5.44. The Hall–Kier alpha value is -2.93. The molecule has 0 aliphatic carbocycles. The van der Waals surface area contributed by atoms with Crippen molar-refractivity contribution in [2.75, 3.05) is 30.0 Å². The quantitative estimate of drug-likeness (QED) is 0.714. The fourth-order valence-electron chi connectivity index (χ4n) is 3.38. The van der Waals surface area contributed by atoms with Crippen LogP contribution >= 0.6 is 0 Å². The van der Waals surface area contributed by atoms with Gasteiger partial charge in [0.15, 0.2) is 11.6 Å². The van der Waals surface area contributed by atoms with Crippen molar-refractivity contribution in [1.29, 1.82) is 0 Å². The van der Waals surface area contributed by atoms with Crippen LogP contribution in [0.1, 0.15) is 0 Å². The van der Waals surface area contributed by atoms with Gasteiger partial charge < -0.3 is 19.9 Å². The van der Waals surface area contributed by atoms with Crippen molar-refractivity contribution in [2.24, 2.45) is 0 Å². The molecule has 7 nitrogen and oxygen atoms in total. The lowest BCUT2D eigenvalue weighted by molar-refractivity contribution is -0.120. The number of nitrogens with zero attached hydrogens (tertiary/aromatic N) is 3. The Morgan fingerprint density at radius 3 is 3.21 bits per heavy atom. The first-order valence-corrected chi connectivity index (χ1v) is 7.90. The Morgan fingerprint density at radius 2 is 2.25 bits per heavy atom. The van der Waals surface area contributed by atoms with Gasteiger partial charge in [-0.2, -0.15) is 0 Å². The molecule has 120 valence electrons. The zero-order valence-electron chi connectivity index (χ0n) is 12.8. The molecular weight excluding hydrogens is 306 g/mol. The molecule has 2 aliphatic heterocycles. The van der Waals surface area contributed by atoms with Gasteiger partial charge >= 0.3 is 0 Å². The van der Waals surface area contributed by atoms with E-state index in [1.165, 1.54) is 0 Å². The number of ether oxygens (including phenoxy) is 1. The van der Waals surface area contributed by atoms with E-state index in [4.69, 9.17) is 9.72 Å².